The Morgan fingerprint density at radius 2 is 1.77 bits per heavy atom. The van der Waals surface area contributed by atoms with Crippen LogP contribution in [0.3, 0.4) is 0 Å². The van der Waals surface area contributed by atoms with E-state index in [0.29, 0.717) is 29.8 Å². The molecule has 2 aliphatic carbocycles. The fourth-order valence-electron chi connectivity index (χ4n) is 5.49. The second kappa shape index (κ2) is 9.55. The Balaban J connectivity index is 1.62. The van der Waals surface area contributed by atoms with Crippen LogP contribution in [0.2, 0.25) is 0 Å². The summed E-state index contributed by atoms with van der Waals surface area (Å²) in [4.78, 5) is 27.0. The third-order valence-electron chi connectivity index (χ3n) is 7.24. The van der Waals surface area contributed by atoms with Crippen LogP contribution >= 0.6 is 33.9 Å². The average molecular weight is 546 g/mol. The summed E-state index contributed by atoms with van der Waals surface area (Å²) in [7, 11) is 1.41. The van der Waals surface area contributed by atoms with E-state index in [4.69, 9.17) is 14.2 Å². The topological polar surface area (TPSA) is 61.8 Å². The minimum Gasteiger partial charge on any atom is -0.465 e. The predicted molar refractivity (Wildman–Crippen MR) is 124 cm³/mol. The van der Waals surface area contributed by atoms with E-state index in [-0.39, 0.29) is 23.7 Å². The molecule has 3 fully saturated rings. The maximum Gasteiger partial charge on any atom is 0.348 e. The molecular weight excluding hydrogens is 515 g/mol. The van der Waals surface area contributed by atoms with E-state index in [0.717, 1.165) is 59.8 Å². The summed E-state index contributed by atoms with van der Waals surface area (Å²) >= 11 is 3.68. The van der Waals surface area contributed by atoms with E-state index in [1.54, 1.807) is 0 Å². The number of rotatable bonds is 5. The van der Waals surface area contributed by atoms with Crippen molar-refractivity contribution in [2.45, 2.75) is 70.0 Å². The second-order valence-electron chi connectivity index (χ2n) is 9.11. The molecule has 1 unspecified atom stereocenters. The number of carbonyl (C=O) groups excluding carboxylic acids is 2. The number of ketones is 1. The Morgan fingerprint density at radius 1 is 1.13 bits per heavy atom. The van der Waals surface area contributed by atoms with Gasteiger partial charge in [0.15, 0.2) is 5.79 Å². The van der Waals surface area contributed by atoms with Gasteiger partial charge in [0, 0.05) is 24.7 Å². The van der Waals surface area contributed by atoms with E-state index in [2.05, 4.69) is 29.5 Å². The lowest BCUT2D eigenvalue weighted by atomic mass is 9.68. The van der Waals surface area contributed by atoms with Gasteiger partial charge in [-0.1, -0.05) is 19.8 Å². The van der Waals surface area contributed by atoms with E-state index < -0.39 is 5.79 Å². The lowest BCUT2D eigenvalue weighted by molar-refractivity contribution is -0.184. The zero-order chi connectivity index (χ0) is 21.3. The highest BCUT2D eigenvalue weighted by molar-refractivity contribution is 14.1. The molecule has 3 aliphatic rings. The molecular formula is C23H31IO5S. The number of thiophene rings is 1. The number of methoxy groups -OCH3 is 1. The van der Waals surface area contributed by atoms with Crippen molar-refractivity contribution in [3.8, 4) is 0 Å². The van der Waals surface area contributed by atoms with Gasteiger partial charge < -0.3 is 14.2 Å². The quantitative estimate of drug-likeness (QED) is 0.358. The van der Waals surface area contributed by atoms with E-state index >= 15 is 0 Å². The Morgan fingerprint density at radius 3 is 2.37 bits per heavy atom. The Kier molecular flexibility index (Phi) is 7.22. The highest BCUT2D eigenvalue weighted by Gasteiger charge is 2.45. The van der Waals surface area contributed by atoms with Crippen molar-refractivity contribution >= 4 is 45.7 Å². The number of hydrogen-bond donors (Lipinski definition) is 0. The molecule has 0 aromatic carbocycles. The van der Waals surface area contributed by atoms with E-state index in [9.17, 15) is 9.59 Å². The molecule has 2 saturated carbocycles. The monoisotopic (exact) mass is 546 g/mol. The van der Waals surface area contributed by atoms with Crippen molar-refractivity contribution in [3.05, 3.63) is 19.4 Å². The van der Waals surface area contributed by atoms with Crippen LogP contribution in [0.15, 0.2) is 6.07 Å². The van der Waals surface area contributed by atoms with Crippen LogP contribution < -0.4 is 0 Å². The highest BCUT2D eigenvalue weighted by atomic mass is 127. The SMILES string of the molecule is COC(=O)c1sc(I)cc1C(C(=O)[C@H]1CC[C@H](C)CC1)C1CCC2(CC1)OCCO2. The largest absolute Gasteiger partial charge is 0.465 e. The van der Waals surface area contributed by atoms with Crippen molar-refractivity contribution in [1.82, 2.24) is 0 Å². The molecule has 0 amide bonds. The molecule has 1 aromatic rings. The molecule has 1 aliphatic heterocycles. The van der Waals surface area contributed by atoms with Crippen molar-refractivity contribution in [1.29, 1.82) is 0 Å². The number of Topliss-reactive ketones (excluding diaryl/α,β-unsaturated/α-hetero) is 1. The number of hydrogen-bond acceptors (Lipinski definition) is 6. The van der Waals surface area contributed by atoms with Crippen molar-refractivity contribution < 1.29 is 23.8 Å². The fourth-order valence-corrected chi connectivity index (χ4v) is 7.34. The molecule has 166 valence electrons. The molecule has 0 N–H and O–H groups in total. The molecule has 1 atom stereocenters. The van der Waals surface area contributed by atoms with Crippen LogP contribution in [0.4, 0.5) is 0 Å². The van der Waals surface area contributed by atoms with Crippen LogP contribution in [0, 0.1) is 20.6 Å². The van der Waals surface area contributed by atoms with Crippen molar-refractivity contribution in [2.24, 2.45) is 17.8 Å². The zero-order valence-electron chi connectivity index (χ0n) is 17.8. The maximum absolute atomic E-state index is 13.9. The molecule has 1 spiro atoms. The first kappa shape index (κ1) is 22.7. The van der Waals surface area contributed by atoms with Crippen LogP contribution in [-0.4, -0.2) is 37.9 Å². The van der Waals surface area contributed by atoms with Gasteiger partial charge in [-0.3, -0.25) is 4.79 Å². The van der Waals surface area contributed by atoms with Crippen molar-refractivity contribution in [3.63, 3.8) is 0 Å². The van der Waals surface area contributed by atoms with Crippen molar-refractivity contribution in [2.75, 3.05) is 20.3 Å². The first-order chi connectivity index (χ1) is 14.4. The molecule has 30 heavy (non-hydrogen) atoms. The summed E-state index contributed by atoms with van der Waals surface area (Å²) in [6.07, 6.45) is 7.56. The highest BCUT2D eigenvalue weighted by Crippen LogP contribution is 2.47. The Labute approximate surface area is 196 Å². The molecule has 2 heterocycles. The third kappa shape index (κ3) is 4.64. The zero-order valence-corrected chi connectivity index (χ0v) is 20.8. The number of carbonyl (C=O) groups is 2. The summed E-state index contributed by atoms with van der Waals surface area (Å²) in [5.74, 6) is 0.326. The average Bonchev–Trinajstić information content (AvgIpc) is 3.36. The summed E-state index contributed by atoms with van der Waals surface area (Å²) in [6, 6.07) is 2.04. The maximum atomic E-state index is 13.9. The summed E-state index contributed by atoms with van der Waals surface area (Å²) in [6.45, 7) is 3.59. The van der Waals surface area contributed by atoms with Crippen LogP contribution in [0.25, 0.3) is 0 Å². The smallest absolute Gasteiger partial charge is 0.348 e. The first-order valence-electron chi connectivity index (χ1n) is 11.1. The van der Waals surface area contributed by atoms with Crippen LogP contribution in [-0.2, 0) is 19.0 Å². The van der Waals surface area contributed by atoms with Gasteiger partial charge in [0.2, 0.25) is 0 Å². The second-order valence-corrected chi connectivity index (χ2v) is 12.1. The lowest BCUT2D eigenvalue weighted by Crippen LogP contribution is -2.39. The normalized spacial score (nSPS) is 27.8. The molecule has 0 bridgehead atoms. The number of halogens is 1. The van der Waals surface area contributed by atoms with Crippen LogP contribution in [0.1, 0.15) is 79.4 Å². The fraction of sp³-hybridized carbons (Fsp3) is 0.739. The van der Waals surface area contributed by atoms with E-state index in [1.165, 1.54) is 18.4 Å². The molecule has 1 aromatic heterocycles. The molecule has 1 saturated heterocycles. The summed E-state index contributed by atoms with van der Waals surface area (Å²) in [5, 5.41) is 0. The van der Waals surface area contributed by atoms with Gasteiger partial charge in [-0.25, -0.2) is 4.79 Å². The predicted octanol–water partition coefficient (Wildman–Crippen LogP) is 5.55. The van der Waals surface area contributed by atoms with Gasteiger partial charge in [0.25, 0.3) is 0 Å². The molecule has 4 rings (SSSR count). The van der Waals surface area contributed by atoms with Gasteiger partial charge >= 0.3 is 5.97 Å². The standard InChI is InChI=1S/C23H31IO5S/c1-14-3-5-16(6-4-14)20(25)19(17-13-18(24)30-21(17)22(26)27-2)15-7-9-23(10-8-15)28-11-12-29-23/h13-16,19H,3-12H2,1-2H3/t14-,16-,19?. The third-order valence-corrected chi connectivity index (χ3v) is 9.13. The summed E-state index contributed by atoms with van der Waals surface area (Å²) in [5.41, 5.74) is 0.883. The van der Waals surface area contributed by atoms with Gasteiger partial charge in [-0.15, -0.1) is 11.3 Å². The minimum atomic E-state index is -0.446. The van der Waals surface area contributed by atoms with E-state index in [1.807, 2.05) is 6.07 Å². The Hall–Kier alpha value is -0.510. The van der Waals surface area contributed by atoms with Gasteiger partial charge in [0.05, 0.1) is 23.2 Å². The summed E-state index contributed by atoms with van der Waals surface area (Å²) < 4.78 is 17.9. The molecule has 0 radical (unpaired) electrons. The first-order valence-corrected chi connectivity index (χ1v) is 13.0. The number of esters is 1. The lowest BCUT2D eigenvalue weighted by Gasteiger charge is -2.39. The van der Waals surface area contributed by atoms with Gasteiger partial charge in [-0.2, -0.15) is 0 Å². The van der Waals surface area contributed by atoms with Gasteiger partial charge in [-0.05, 0) is 71.7 Å². The van der Waals surface area contributed by atoms with Gasteiger partial charge in [0.1, 0.15) is 10.7 Å². The number of ether oxygens (including phenoxy) is 3. The molecule has 7 heteroatoms. The van der Waals surface area contributed by atoms with Crippen LogP contribution in [0.5, 0.6) is 0 Å². The Bertz CT molecular complexity index is 767. The molecule has 5 nitrogen and oxygen atoms in total. The minimum absolute atomic E-state index is 0.101.